The molecular formula is C18H16BrN3O4. The van der Waals surface area contributed by atoms with Gasteiger partial charge in [-0.1, -0.05) is 34.1 Å². The van der Waals surface area contributed by atoms with Crippen molar-refractivity contribution in [2.45, 2.75) is 0 Å². The molecule has 0 saturated carbocycles. The highest BCUT2D eigenvalue weighted by Gasteiger charge is 2.14. The zero-order chi connectivity index (χ0) is 18.9. The van der Waals surface area contributed by atoms with Gasteiger partial charge in [0.2, 0.25) is 0 Å². The molecule has 0 spiro atoms. The summed E-state index contributed by atoms with van der Waals surface area (Å²) in [4.78, 5) is 35.4. The molecule has 0 fully saturated rings. The summed E-state index contributed by atoms with van der Waals surface area (Å²) in [6, 6.07) is 13.0. The molecule has 0 unspecified atom stereocenters. The second-order valence-electron chi connectivity index (χ2n) is 5.19. The molecule has 0 bridgehead atoms. The van der Waals surface area contributed by atoms with Crippen LogP contribution in [0, 0.1) is 4.91 Å². The third kappa shape index (κ3) is 5.61. The van der Waals surface area contributed by atoms with Crippen molar-refractivity contribution in [3.8, 4) is 0 Å². The summed E-state index contributed by atoms with van der Waals surface area (Å²) < 4.78 is 0.727. The van der Waals surface area contributed by atoms with E-state index >= 15 is 0 Å². The van der Waals surface area contributed by atoms with Gasteiger partial charge in [0.1, 0.15) is 11.4 Å². The van der Waals surface area contributed by atoms with Crippen molar-refractivity contribution in [1.29, 1.82) is 0 Å². The van der Waals surface area contributed by atoms with Gasteiger partial charge in [-0.25, -0.2) is 0 Å². The maximum absolute atomic E-state index is 12.4. The molecule has 0 aromatic heterocycles. The fraction of sp³-hybridized carbons (Fsp3) is 0.111. The van der Waals surface area contributed by atoms with Crippen LogP contribution < -0.4 is 10.6 Å². The number of benzene rings is 2. The molecule has 0 atom stereocenters. The molecule has 0 aliphatic heterocycles. The second kappa shape index (κ2) is 9.59. The van der Waals surface area contributed by atoms with Crippen LogP contribution in [0.2, 0.25) is 0 Å². The second-order valence-corrected chi connectivity index (χ2v) is 6.10. The standard InChI is InChI=1S/C18H16BrN3O4/c19-14-5-2-4-13(11-14)17(24)21-16(18(25)20-7-8-23)10-12-3-1-6-15(9-12)22-26/h1-6,9-11,23H,7-8H2,(H,20,25)(H,21,24)/b16-10-. The first-order valence-electron chi connectivity index (χ1n) is 7.64. The van der Waals surface area contributed by atoms with Crippen LogP contribution in [0.25, 0.3) is 6.08 Å². The Kier molecular flexibility index (Phi) is 7.19. The first kappa shape index (κ1) is 19.5. The minimum absolute atomic E-state index is 0.0218. The quantitative estimate of drug-likeness (QED) is 0.475. The molecule has 134 valence electrons. The van der Waals surface area contributed by atoms with Crippen LogP contribution in [0.4, 0.5) is 5.69 Å². The molecule has 0 aliphatic carbocycles. The van der Waals surface area contributed by atoms with Gasteiger partial charge in [0.05, 0.1) is 6.61 Å². The summed E-state index contributed by atoms with van der Waals surface area (Å²) in [5.74, 6) is -1.03. The number of aliphatic hydroxyl groups excluding tert-OH is 1. The van der Waals surface area contributed by atoms with Gasteiger partial charge in [-0.3, -0.25) is 9.59 Å². The minimum atomic E-state index is -0.563. The van der Waals surface area contributed by atoms with Crippen molar-refractivity contribution >= 4 is 39.5 Å². The summed E-state index contributed by atoms with van der Waals surface area (Å²) in [5.41, 5.74) is 1.06. The predicted octanol–water partition coefficient (Wildman–Crippen LogP) is 2.73. The summed E-state index contributed by atoms with van der Waals surface area (Å²) in [7, 11) is 0. The van der Waals surface area contributed by atoms with E-state index in [0.717, 1.165) is 4.47 Å². The van der Waals surface area contributed by atoms with Crippen LogP contribution in [0.3, 0.4) is 0 Å². The van der Waals surface area contributed by atoms with Crippen molar-refractivity contribution in [1.82, 2.24) is 10.6 Å². The Morgan fingerprint density at radius 2 is 1.92 bits per heavy atom. The first-order chi connectivity index (χ1) is 12.5. The number of nitrogens with one attached hydrogen (secondary N) is 2. The Morgan fingerprint density at radius 3 is 2.62 bits per heavy atom. The Labute approximate surface area is 158 Å². The zero-order valence-corrected chi connectivity index (χ0v) is 15.2. The fourth-order valence-corrected chi connectivity index (χ4v) is 2.48. The van der Waals surface area contributed by atoms with E-state index in [-0.39, 0.29) is 24.5 Å². The maximum Gasteiger partial charge on any atom is 0.267 e. The van der Waals surface area contributed by atoms with Crippen LogP contribution in [0.15, 0.2) is 63.9 Å². The summed E-state index contributed by atoms with van der Waals surface area (Å²) in [5, 5.41) is 16.8. The van der Waals surface area contributed by atoms with Crippen molar-refractivity contribution in [2.75, 3.05) is 13.2 Å². The molecule has 0 radical (unpaired) electrons. The Bertz CT molecular complexity index is 852. The number of hydrogen-bond donors (Lipinski definition) is 3. The van der Waals surface area contributed by atoms with Gasteiger partial charge < -0.3 is 15.7 Å². The number of halogens is 1. The molecule has 7 nitrogen and oxygen atoms in total. The van der Waals surface area contributed by atoms with Gasteiger partial charge >= 0.3 is 0 Å². The molecule has 2 rings (SSSR count). The molecule has 0 heterocycles. The van der Waals surface area contributed by atoms with Gasteiger partial charge in [-0.05, 0) is 47.1 Å². The third-order valence-electron chi connectivity index (χ3n) is 3.26. The average Bonchev–Trinajstić information content (AvgIpc) is 2.65. The molecule has 26 heavy (non-hydrogen) atoms. The van der Waals surface area contributed by atoms with Crippen molar-refractivity contribution in [3.63, 3.8) is 0 Å². The van der Waals surface area contributed by atoms with Crippen molar-refractivity contribution in [2.24, 2.45) is 5.18 Å². The van der Waals surface area contributed by atoms with Crippen LogP contribution in [-0.2, 0) is 4.79 Å². The molecular weight excluding hydrogens is 402 g/mol. The number of rotatable bonds is 7. The number of carbonyl (C=O) groups excluding carboxylic acids is 2. The first-order valence-corrected chi connectivity index (χ1v) is 8.44. The van der Waals surface area contributed by atoms with Crippen molar-refractivity contribution < 1.29 is 14.7 Å². The molecule has 8 heteroatoms. The lowest BCUT2D eigenvalue weighted by Crippen LogP contribution is -2.36. The largest absolute Gasteiger partial charge is 0.395 e. The topological polar surface area (TPSA) is 108 Å². The number of nitrogens with zero attached hydrogens (tertiary/aromatic N) is 1. The molecule has 2 aromatic rings. The van der Waals surface area contributed by atoms with E-state index in [4.69, 9.17) is 5.11 Å². The predicted molar refractivity (Wildman–Crippen MR) is 102 cm³/mol. The van der Waals surface area contributed by atoms with Gasteiger partial charge in [0, 0.05) is 16.6 Å². The lowest BCUT2D eigenvalue weighted by atomic mass is 10.1. The van der Waals surface area contributed by atoms with E-state index in [9.17, 15) is 14.5 Å². The lowest BCUT2D eigenvalue weighted by Gasteiger charge is -2.11. The Morgan fingerprint density at radius 1 is 1.15 bits per heavy atom. The van der Waals surface area contributed by atoms with Crippen LogP contribution in [0.5, 0.6) is 0 Å². The normalized spacial score (nSPS) is 10.9. The molecule has 0 saturated heterocycles. The number of aliphatic hydroxyl groups is 1. The highest BCUT2D eigenvalue weighted by Crippen LogP contribution is 2.16. The van der Waals surface area contributed by atoms with E-state index in [1.807, 2.05) is 0 Å². The van der Waals surface area contributed by atoms with E-state index < -0.39 is 11.8 Å². The van der Waals surface area contributed by atoms with Gasteiger partial charge in [0.15, 0.2) is 0 Å². The van der Waals surface area contributed by atoms with E-state index in [0.29, 0.717) is 11.1 Å². The molecule has 3 N–H and O–H groups in total. The highest BCUT2D eigenvalue weighted by molar-refractivity contribution is 9.10. The fourth-order valence-electron chi connectivity index (χ4n) is 2.09. The lowest BCUT2D eigenvalue weighted by molar-refractivity contribution is -0.117. The third-order valence-corrected chi connectivity index (χ3v) is 3.76. The van der Waals surface area contributed by atoms with Crippen LogP contribution in [-0.4, -0.2) is 30.1 Å². The average molecular weight is 418 g/mol. The Hall–Kier alpha value is -2.84. The zero-order valence-electron chi connectivity index (χ0n) is 13.6. The van der Waals surface area contributed by atoms with E-state index in [1.54, 1.807) is 36.4 Å². The molecule has 2 aromatic carbocycles. The molecule has 2 amide bonds. The number of carbonyl (C=O) groups is 2. The number of nitroso groups, excluding NO2 is 1. The number of amides is 2. The smallest absolute Gasteiger partial charge is 0.267 e. The number of hydrogen-bond acceptors (Lipinski definition) is 5. The SMILES string of the molecule is O=Nc1cccc(/C=C(\NC(=O)c2cccc(Br)c2)C(=O)NCCO)c1. The monoisotopic (exact) mass is 417 g/mol. The van der Waals surface area contributed by atoms with Gasteiger partial charge in [-0.2, -0.15) is 0 Å². The van der Waals surface area contributed by atoms with Crippen LogP contribution >= 0.6 is 15.9 Å². The van der Waals surface area contributed by atoms with Gasteiger partial charge in [0.25, 0.3) is 11.8 Å². The minimum Gasteiger partial charge on any atom is -0.395 e. The highest BCUT2D eigenvalue weighted by atomic mass is 79.9. The summed E-state index contributed by atoms with van der Waals surface area (Å²) >= 11 is 3.29. The van der Waals surface area contributed by atoms with Gasteiger partial charge in [-0.15, -0.1) is 4.91 Å². The molecule has 0 aliphatic rings. The maximum atomic E-state index is 12.4. The van der Waals surface area contributed by atoms with Crippen molar-refractivity contribution in [3.05, 3.63) is 74.7 Å². The van der Waals surface area contributed by atoms with E-state index in [1.165, 1.54) is 18.2 Å². The summed E-state index contributed by atoms with van der Waals surface area (Å²) in [6.45, 7) is -0.192. The summed E-state index contributed by atoms with van der Waals surface area (Å²) in [6.07, 6.45) is 1.43. The van der Waals surface area contributed by atoms with E-state index in [2.05, 4.69) is 31.7 Å². The van der Waals surface area contributed by atoms with Crippen LogP contribution in [0.1, 0.15) is 15.9 Å². The Balaban J connectivity index is 2.30.